The molecule has 0 radical (unpaired) electrons. The maximum Gasteiger partial charge on any atom is 0.231 e. The van der Waals surface area contributed by atoms with Crippen molar-refractivity contribution in [3.63, 3.8) is 0 Å². The van der Waals surface area contributed by atoms with Gasteiger partial charge in [-0.25, -0.2) is 9.67 Å². The Morgan fingerprint density at radius 1 is 1.78 bits per heavy atom. The molecule has 1 saturated carbocycles. The fourth-order valence-electron chi connectivity index (χ4n) is 1.75. The summed E-state index contributed by atoms with van der Waals surface area (Å²) in [6.45, 7) is 1.79. The summed E-state index contributed by atoms with van der Waals surface area (Å²) in [5, 5.41) is 16.6. The second-order valence-electron chi connectivity index (χ2n) is 4.59. The third-order valence-corrected chi connectivity index (χ3v) is 4.06. The molecule has 0 bridgehead atoms. The van der Waals surface area contributed by atoms with Crippen LogP contribution in [0.4, 0.5) is 0 Å². The van der Waals surface area contributed by atoms with Crippen LogP contribution < -0.4 is 5.32 Å². The van der Waals surface area contributed by atoms with E-state index in [1.807, 2.05) is 0 Å². The molecule has 0 saturated heterocycles. The lowest BCUT2D eigenvalue weighted by Crippen LogP contribution is -2.47. The van der Waals surface area contributed by atoms with Crippen LogP contribution in [0.2, 0.25) is 0 Å². The lowest BCUT2D eigenvalue weighted by atomic mass is 9.98. The molecular formula is C11H15N5OS. The smallest absolute Gasteiger partial charge is 0.231 e. The van der Waals surface area contributed by atoms with E-state index in [1.54, 1.807) is 18.7 Å². The van der Waals surface area contributed by atoms with Gasteiger partial charge in [0.2, 0.25) is 5.91 Å². The molecule has 1 unspecified atom stereocenters. The van der Waals surface area contributed by atoms with Gasteiger partial charge in [0.05, 0.1) is 11.8 Å². The number of carbonyl (C=O) groups is 1. The number of rotatable bonds is 5. The molecule has 1 N–H and O–H groups in total. The Morgan fingerprint density at radius 3 is 3.00 bits per heavy atom. The number of nitriles is 1. The predicted molar refractivity (Wildman–Crippen MR) is 66.6 cm³/mol. The quantitative estimate of drug-likeness (QED) is 0.793. The normalized spacial score (nSPS) is 17.8. The first kappa shape index (κ1) is 12.9. The van der Waals surface area contributed by atoms with Crippen LogP contribution in [0.25, 0.3) is 0 Å². The van der Waals surface area contributed by atoms with Gasteiger partial charge in [-0.3, -0.25) is 4.79 Å². The number of carbonyl (C=O) groups excluding carboxylic acids is 1. The molecule has 2 rings (SSSR count). The van der Waals surface area contributed by atoms with Gasteiger partial charge < -0.3 is 5.32 Å². The van der Waals surface area contributed by atoms with Crippen molar-refractivity contribution in [1.29, 1.82) is 5.26 Å². The molecule has 0 aromatic carbocycles. The van der Waals surface area contributed by atoms with E-state index in [1.165, 1.54) is 18.1 Å². The van der Waals surface area contributed by atoms with Crippen LogP contribution in [0.5, 0.6) is 0 Å². The minimum atomic E-state index is -0.725. The van der Waals surface area contributed by atoms with E-state index in [2.05, 4.69) is 21.5 Å². The van der Waals surface area contributed by atoms with E-state index >= 15 is 0 Å². The van der Waals surface area contributed by atoms with E-state index in [4.69, 9.17) is 5.26 Å². The largest absolute Gasteiger partial charge is 0.337 e. The van der Waals surface area contributed by atoms with E-state index in [9.17, 15) is 4.79 Å². The van der Waals surface area contributed by atoms with Crippen molar-refractivity contribution in [3.05, 3.63) is 6.33 Å². The Labute approximate surface area is 110 Å². The summed E-state index contributed by atoms with van der Waals surface area (Å²) in [6, 6.07) is 2.20. The maximum absolute atomic E-state index is 11.8. The average molecular weight is 265 g/mol. The Balaban J connectivity index is 1.86. The molecule has 6 nitrogen and oxygen atoms in total. The van der Waals surface area contributed by atoms with Gasteiger partial charge in [-0.15, -0.1) is 0 Å². The maximum atomic E-state index is 11.8. The monoisotopic (exact) mass is 265 g/mol. The zero-order chi connectivity index (χ0) is 13.2. The number of hydrogen-bond donors (Lipinski definition) is 1. The van der Waals surface area contributed by atoms with E-state index in [0.29, 0.717) is 11.1 Å². The van der Waals surface area contributed by atoms with E-state index < -0.39 is 5.54 Å². The first-order chi connectivity index (χ1) is 8.55. The third-order valence-electron chi connectivity index (χ3n) is 3.03. The van der Waals surface area contributed by atoms with Gasteiger partial charge in [-0.2, -0.15) is 10.4 Å². The van der Waals surface area contributed by atoms with Crippen LogP contribution >= 0.6 is 11.8 Å². The van der Waals surface area contributed by atoms with Gasteiger partial charge in [-0.1, -0.05) is 11.8 Å². The molecule has 1 aromatic heterocycles. The molecule has 1 amide bonds. The van der Waals surface area contributed by atoms with Crippen LogP contribution in [0.1, 0.15) is 19.8 Å². The fraction of sp³-hybridized carbons (Fsp3) is 0.636. The van der Waals surface area contributed by atoms with Crippen LogP contribution in [0.15, 0.2) is 11.5 Å². The molecule has 1 aliphatic rings. The van der Waals surface area contributed by atoms with Crippen molar-refractivity contribution in [2.75, 3.05) is 5.75 Å². The highest BCUT2D eigenvalue weighted by atomic mass is 32.2. The first-order valence-corrected chi connectivity index (χ1v) is 6.73. The Kier molecular flexibility index (Phi) is 3.57. The Bertz CT molecular complexity index is 490. The third kappa shape index (κ3) is 2.82. The van der Waals surface area contributed by atoms with Gasteiger partial charge in [0.25, 0.3) is 0 Å². The Morgan fingerprint density at radius 2 is 2.50 bits per heavy atom. The molecule has 1 aliphatic carbocycles. The van der Waals surface area contributed by atoms with Crippen LogP contribution in [-0.4, -0.2) is 32.0 Å². The van der Waals surface area contributed by atoms with Crippen molar-refractivity contribution in [1.82, 2.24) is 20.1 Å². The van der Waals surface area contributed by atoms with Crippen molar-refractivity contribution < 1.29 is 4.79 Å². The number of thioether (sulfide) groups is 1. The number of amides is 1. The minimum Gasteiger partial charge on any atom is -0.337 e. The molecule has 1 fully saturated rings. The molecule has 1 aromatic rings. The zero-order valence-corrected chi connectivity index (χ0v) is 11.2. The minimum absolute atomic E-state index is 0.140. The predicted octanol–water partition coefficient (Wildman–Crippen LogP) is 0.716. The lowest BCUT2D eigenvalue weighted by molar-refractivity contribution is -0.119. The number of hydrogen-bond acceptors (Lipinski definition) is 5. The number of aryl methyl sites for hydroxylation is 1. The van der Waals surface area contributed by atoms with Crippen LogP contribution in [-0.2, 0) is 11.8 Å². The molecule has 1 heterocycles. The molecule has 96 valence electrons. The molecule has 0 aliphatic heterocycles. The molecule has 18 heavy (non-hydrogen) atoms. The van der Waals surface area contributed by atoms with Crippen LogP contribution in [0.3, 0.4) is 0 Å². The highest BCUT2D eigenvalue weighted by Crippen LogP contribution is 2.39. The lowest BCUT2D eigenvalue weighted by Gasteiger charge is -2.22. The van der Waals surface area contributed by atoms with Crippen LogP contribution in [0, 0.1) is 17.2 Å². The number of nitrogens with zero attached hydrogens (tertiary/aromatic N) is 4. The zero-order valence-electron chi connectivity index (χ0n) is 10.4. The average Bonchev–Trinajstić information content (AvgIpc) is 3.12. The highest BCUT2D eigenvalue weighted by molar-refractivity contribution is 7.99. The van der Waals surface area contributed by atoms with Crippen molar-refractivity contribution >= 4 is 17.7 Å². The number of aromatic nitrogens is 3. The van der Waals surface area contributed by atoms with E-state index in [-0.39, 0.29) is 11.7 Å². The summed E-state index contributed by atoms with van der Waals surface area (Å²) < 4.78 is 1.61. The molecular weight excluding hydrogens is 250 g/mol. The summed E-state index contributed by atoms with van der Waals surface area (Å²) in [5.41, 5.74) is -0.725. The van der Waals surface area contributed by atoms with Crippen molar-refractivity contribution in [2.45, 2.75) is 30.5 Å². The van der Waals surface area contributed by atoms with Gasteiger partial charge >= 0.3 is 0 Å². The highest BCUT2D eigenvalue weighted by Gasteiger charge is 2.42. The topological polar surface area (TPSA) is 83.6 Å². The van der Waals surface area contributed by atoms with Crippen molar-refractivity contribution in [2.24, 2.45) is 13.0 Å². The first-order valence-electron chi connectivity index (χ1n) is 5.74. The Hall–Kier alpha value is -1.55. The van der Waals surface area contributed by atoms with Gasteiger partial charge in [0.1, 0.15) is 11.9 Å². The summed E-state index contributed by atoms with van der Waals surface area (Å²) in [4.78, 5) is 15.8. The fourth-order valence-corrected chi connectivity index (χ4v) is 2.44. The standard InChI is InChI=1S/C11H15N5OS/c1-11(6-12,8-3-4-8)15-9(17)5-18-10-13-7-14-16(10)2/h7-8H,3-5H2,1-2H3,(H,15,17). The molecule has 7 heteroatoms. The van der Waals surface area contributed by atoms with Gasteiger partial charge in [0.15, 0.2) is 5.16 Å². The SMILES string of the molecule is Cn1ncnc1SCC(=O)NC(C)(C#N)C1CC1. The van der Waals surface area contributed by atoms with Gasteiger partial charge in [0, 0.05) is 7.05 Å². The molecule has 1 atom stereocenters. The second kappa shape index (κ2) is 4.98. The summed E-state index contributed by atoms with van der Waals surface area (Å²) in [7, 11) is 1.77. The summed E-state index contributed by atoms with van der Waals surface area (Å²) in [6.07, 6.45) is 3.48. The van der Waals surface area contributed by atoms with Crippen molar-refractivity contribution in [3.8, 4) is 6.07 Å². The van der Waals surface area contributed by atoms with Gasteiger partial charge in [-0.05, 0) is 25.7 Å². The summed E-state index contributed by atoms with van der Waals surface area (Å²) in [5.74, 6) is 0.404. The summed E-state index contributed by atoms with van der Waals surface area (Å²) >= 11 is 1.31. The number of nitrogens with one attached hydrogen (secondary N) is 1. The van der Waals surface area contributed by atoms with E-state index in [0.717, 1.165) is 12.8 Å². The second-order valence-corrected chi connectivity index (χ2v) is 5.53. The molecule has 0 spiro atoms.